The number of anilines is 1. The number of hydrogen-bond donors (Lipinski definition) is 1. The van der Waals surface area contributed by atoms with Crippen molar-refractivity contribution in [2.75, 3.05) is 18.1 Å². The lowest BCUT2D eigenvalue weighted by atomic mass is 10.1. The molecule has 0 fully saturated rings. The van der Waals surface area contributed by atoms with Crippen LogP contribution in [-0.4, -0.2) is 30.1 Å². The Hall–Kier alpha value is -2.04. The molecule has 1 aromatic carbocycles. The second kappa shape index (κ2) is 5.73. The molecule has 19 heavy (non-hydrogen) atoms. The monoisotopic (exact) mass is 263 g/mol. The number of aromatic carboxylic acids is 1. The molecule has 0 saturated heterocycles. The number of rotatable bonds is 4. The molecule has 5 heteroatoms. The van der Waals surface area contributed by atoms with E-state index in [2.05, 4.69) is 0 Å². The maximum absolute atomic E-state index is 12.1. The SMILES string of the molecule is CCCCN1C(=O)CCOc2ccc(C(=O)O)cc21. The van der Waals surface area contributed by atoms with Gasteiger partial charge < -0.3 is 14.7 Å². The van der Waals surface area contributed by atoms with E-state index in [0.29, 0.717) is 31.0 Å². The predicted molar refractivity (Wildman–Crippen MR) is 70.8 cm³/mol. The molecule has 0 unspecified atom stereocenters. The van der Waals surface area contributed by atoms with E-state index in [9.17, 15) is 9.59 Å². The van der Waals surface area contributed by atoms with E-state index in [1.54, 1.807) is 11.0 Å². The highest BCUT2D eigenvalue weighted by Crippen LogP contribution is 2.32. The van der Waals surface area contributed by atoms with Gasteiger partial charge in [0.05, 0.1) is 24.3 Å². The van der Waals surface area contributed by atoms with Gasteiger partial charge in [-0.15, -0.1) is 0 Å². The largest absolute Gasteiger partial charge is 0.491 e. The van der Waals surface area contributed by atoms with Crippen LogP contribution in [0.15, 0.2) is 18.2 Å². The average molecular weight is 263 g/mol. The third-order valence-electron chi connectivity index (χ3n) is 3.11. The van der Waals surface area contributed by atoms with Crippen molar-refractivity contribution in [3.05, 3.63) is 23.8 Å². The second-order valence-electron chi connectivity index (χ2n) is 4.49. The molecule has 0 aliphatic carbocycles. The summed E-state index contributed by atoms with van der Waals surface area (Å²) in [5.74, 6) is -0.448. The average Bonchev–Trinajstić information content (AvgIpc) is 2.54. The minimum absolute atomic E-state index is 0.0188. The Kier molecular flexibility index (Phi) is 4.04. The van der Waals surface area contributed by atoms with Gasteiger partial charge in [-0.1, -0.05) is 13.3 Å². The van der Waals surface area contributed by atoms with Crippen molar-refractivity contribution >= 4 is 17.6 Å². The zero-order valence-electron chi connectivity index (χ0n) is 10.9. The molecule has 0 aromatic heterocycles. The number of carbonyl (C=O) groups is 2. The fraction of sp³-hybridized carbons (Fsp3) is 0.429. The molecular weight excluding hydrogens is 246 g/mol. The number of nitrogens with zero attached hydrogens (tertiary/aromatic N) is 1. The standard InChI is InChI=1S/C14H17NO4/c1-2-3-7-15-11-9-10(14(17)18)4-5-12(11)19-8-6-13(15)16/h4-5,9H,2-3,6-8H2,1H3,(H,17,18). The summed E-state index contributed by atoms with van der Waals surface area (Å²) < 4.78 is 5.51. The lowest BCUT2D eigenvalue weighted by Gasteiger charge is -2.22. The van der Waals surface area contributed by atoms with E-state index in [1.807, 2.05) is 6.92 Å². The van der Waals surface area contributed by atoms with E-state index in [4.69, 9.17) is 9.84 Å². The van der Waals surface area contributed by atoms with Crippen LogP contribution in [0.1, 0.15) is 36.5 Å². The van der Waals surface area contributed by atoms with Crippen LogP contribution in [-0.2, 0) is 4.79 Å². The summed E-state index contributed by atoms with van der Waals surface area (Å²) in [7, 11) is 0. The lowest BCUT2D eigenvalue weighted by Crippen LogP contribution is -2.31. The van der Waals surface area contributed by atoms with E-state index in [1.165, 1.54) is 12.1 Å². The number of carboxylic acids is 1. The number of carboxylic acid groups (broad SMARTS) is 1. The van der Waals surface area contributed by atoms with E-state index >= 15 is 0 Å². The van der Waals surface area contributed by atoms with Gasteiger partial charge in [0.2, 0.25) is 5.91 Å². The predicted octanol–water partition coefficient (Wildman–Crippen LogP) is 2.30. The second-order valence-corrected chi connectivity index (χ2v) is 4.49. The molecule has 0 spiro atoms. The molecular formula is C14H17NO4. The first kappa shape index (κ1) is 13.4. The van der Waals surface area contributed by atoms with Gasteiger partial charge in [0, 0.05) is 6.54 Å². The number of fused-ring (bicyclic) bond motifs is 1. The normalized spacial score (nSPS) is 14.6. The number of ether oxygens (including phenoxy) is 1. The Morgan fingerprint density at radius 3 is 2.95 bits per heavy atom. The van der Waals surface area contributed by atoms with Gasteiger partial charge in [0.15, 0.2) is 0 Å². The Labute approximate surface area is 111 Å². The summed E-state index contributed by atoms with van der Waals surface area (Å²) in [6.07, 6.45) is 2.17. The molecule has 0 atom stereocenters. The van der Waals surface area contributed by atoms with Crippen molar-refractivity contribution in [2.24, 2.45) is 0 Å². The van der Waals surface area contributed by atoms with Crippen LogP contribution in [0.2, 0.25) is 0 Å². The minimum atomic E-state index is -1.00. The molecule has 1 heterocycles. The van der Waals surface area contributed by atoms with Crippen molar-refractivity contribution in [3.8, 4) is 5.75 Å². The van der Waals surface area contributed by atoms with E-state index < -0.39 is 5.97 Å². The van der Waals surface area contributed by atoms with Gasteiger partial charge in [0.25, 0.3) is 0 Å². The highest BCUT2D eigenvalue weighted by Gasteiger charge is 2.23. The van der Waals surface area contributed by atoms with Gasteiger partial charge >= 0.3 is 5.97 Å². The van der Waals surface area contributed by atoms with Gasteiger partial charge in [-0.3, -0.25) is 4.79 Å². The van der Waals surface area contributed by atoms with Crippen molar-refractivity contribution in [3.63, 3.8) is 0 Å². The molecule has 102 valence electrons. The number of amides is 1. The van der Waals surface area contributed by atoms with Crippen molar-refractivity contribution < 1.29 is 19.4 Å². The van der Waals surface area contributed by atoms with Crippen LogP contribution < -0.4 is 9.64 Å². The molecule has 0 saturated carbocycles. The Balaban J connectivity index is 2.40. The topological polar surface area (TPSA) is 66.8 Å². The van der Waals surface area contributed by atoms with Gasteiger partial charge in [-0.2, -0.15) is 0 Å². The highest BCUT2D eigenvalue weighted by atomic mass is 16.5. The summed E-state index contributed by atoms with van der Waals surface area (Å²) >= 11 is 0. The summed E-state index contributed by atoms with van der Waals surface area (Å²) in [5, 5.41) is 9.04. The first-order valence-electron chi connectivity index (χ1n) is 6.44. The molecule has 1 aliphatic rings. The van der Waals surface area contributed by atoms with Crippen LogP contribution in [0.25, 0.3) is 0 Å². The fourth-order valence-corrected chi connectivity index (χ4v) is 2.06. The van der Waals surface area contributed by atoms with Crippen LogP contribution >= 0.6 is 0 Å². The van der Waals surface area contributed by atoms with E-state index in [0.717, 1.165) is 12.8 Å². The Morgan fingerprint density at radius 1 is 1.47 bits per heavy atom. The maximum atomic E-state index is 12.1. The van der Waals surface area contributed by atoms with Crippen molar-refractivity contribution in [1.29, 1.82) is 0 Å². The number of carbonyl (C=O) groups excluding carboxylic acids is 1. The molecule has 1 N–H and O–H groups in total. The number of hydrogen-bond acceptors (Lipinski definition) is 3. The molecule has 0 bridgehead atoms. The molecule has 0 radical (unpaired) electrons. The third-order valence-corrected chi connectivity index (χ3v) is 3.11. The molecule has 1 aliphatic heterocycles. The number of unbranched alkanes of at least 4 members (excludes halogenated alkanes) is 1. The van der Waals surface area contributed by atoms with Crippen LogP contribution in [0.5, 0.6) is 5.75 Å². The van der Waals surface area contributed by atoms with Gasteiger partial charge in [0.1, 0.15) is 5.75 Å². The third kappa shape index (κ3) is 2.86. The van der Waals surface area contributed by atoms with E-state index in [-0.39, 0.29) is 11.5 Å². The summed E-state index contributed by atoms with van der Waals surface area (Å²) in [6.45, 7) is 2.98. The van der Waals surface area contributed by atoms with Crippen LogP contribution in [0.3, 0.4) is 0 Å². The minimum Gasteiger partial charge on any atom is -0.491 e. The molecule has 2 rings (SSSR count). The smallest absolute Gasteiger partial charge is 0.335 e. The number of benzene rings is 1. The Bertz CT molecular complexity index is 498. The maximum Gasteiger partial charge on any atom is 0.335 e. The quantitative estimate of drug-likeness (QED) is 0.905. The Morgan fingerprint density at radius 2 is 2.26 bits per heavy atom. The van der Waals surface area contributed by atoms with Crippen molar-refractivity contribution in [2.45, 2.75) is 26.2 Å². The highest BCUT2D eigenvalue weighted by molar-refractivity contribution is 5.98. The molecule has 5 nitrogen and oxygen atoms in total. The van der Waals surface area contributed by atoms with Crippen molar-refractivity contribution in [1.82, 2.24) is 0 Å². The molecule has 1 amide bonds. The summed E-state index contributed by atoms with van der Waals surface area (Å²) in [5.41, 5.74) is 0.731. The first-order valence-corrected chi connectivity index (χ1v) is 6.44. The summed E-state index contributed by atoms with van der Waals surface area (Å²) in [6, 6.07) is 4.63. The summed E-state index contributed by atoms with van der Waals surface area (Å²) in [4.78, 5) is 24.7. The zero-order valence-corrected chi connectivity index (χ0v) is 10.9. The molecule has 1 aromatic rings. The fourth-order valence-electron chi connectivity index (χ4n) is 2.06. The van der Waals surface area contributed by atoms with Gasteiger partial charge in [-0.05, 0) is 24.6 Å². The zero-order chi connectivity index (χ0) is 13.8. The van der Waals surface area contributed by atoms with Crippen LogP contribution in [0.4, 0.5) is 5.69 Å². The van der Waals surface area contributed by atoms with Crippen LogP contribution in [0, 0.1) is 0 Å². The lowest BCUT2D eigenvalue weighted by molar-refractivity contribution is -0.118. The van der Waals surface area contributed by atoms with Gasteiger partial charge in [-0.25, -0.2) is 4.79 Å². The first-order chi connectivity index (χ1) is 9.13.